The van der Waals surface area contributed by atoms with E-state index in [0.717, 1.165) is 38.1 Å². The third-order valence-corrected chi connectivity index (χ3v) is 2.59. The van der Waals surface area contributed by atoms with Gasteiger partial charge in [-0.2, -0.15) is 0 Å². The van der Waals surface area contributed by atoms with Gasteiger partial charge in [0.25, 0.3) is 5.56 Å². The van der Waals surface area contributed by atoms with E-state index in [2.05, 4.69) is 16.9 Å². The maximum Gasteiger partial charge on any atom is 0.275 e. The van der Waals surface area contributed by atoms with Gasteiger partial charge in [0.05, 0.1) is 11.8 Å². The van der Waals surface area contributed by atoms with E-state index in [1.165, 1.54) is 6.33 Å². The third-order valence-electron chi connectivity index (χ3n) is 2.59. The lowest BCUT2D eigenvalue weighted by Crippen LogP contribution is -2.12. The van der Waals surface area contributed by atoms with Gasteiger partial charge in [0.1, 0.15) is 5.52 Å². The fraction of sp³-hybridized carbons (Fsp3) is 0.500. The van der Waals surface area contributed by atoms with Gasteiger partial charge in [0, 0.05) is 26.0 Å². The van der Waals surface area contributed by atoms with Crippen molar-refractivity contribution in [3.63, 3.8) is 0 Å². The van der Waals surface area contributed by atoms with E-state index >= 15 is 0 Å². The van der Waals surface area contributed by atoms with Gasteiger partial charge in [0.15, 0.2) is 0 Å². The van der Waals surface area contributed by atoms with Crippen molar-refractivity contribution < 1.29 is 4.74 Å². The van der Waals surface area contributed by atoms with E-state index in [1.807, 2.05) is 16.8 Å². The number of rotatable bonds is 6. The molecule has 92 valence electrons. The fourth-order valence-electron chi connectivity index (χ4n) is 1.81. The summed E-state index contributed by atoms with van der Waals surface area (Å²) in [4.78, 5) is 18.4. The lowest BCUT2D eigenvalue weighted by Gasteiger charge is -2.05. The summed E-state index contributed by atoms with van der Waals surface area (Å²) in [6.45, 7) is 4.40. The molecule has 0 amide bonds. The predicted octanol–water partition coefficient (Wildman–Crippen LogP) is 1.54. The van der Waals surface area contributed by atoms with Gasteiger partial charge in [-0.25, -0.2) is 4.98 Å². The van der Waals surface area contributed by atoms with Crippen LogP contribution in [0, 0.1) is 0 Å². The number of aromatic nitrogens is 3. The number of aromatic amines is 1. The molecule has 2 rings (SSSR count). The van der Waals surface area contributed by atoms with Gasteiger partial charge >= 0.3 is 0 Å². The number of ether oxygens (including phenoxy) is 1. The molecule has 0 atom stereocenters. The molecule has 2 aromatic rings. The van der Waals surface area contributed by atoms with Gasteiger partial charge in [-0.15, -0.1) is 0 Å². The number of aryl methyl sites for hydroxylation is 1. The summed E-state index contributed by atoms with van der Waals surface area (Å²) >= 11 is 0. The van der Waals surface area contributed by atoms with Crippen LogP contribution >= 0.6 is 0 Å². The highest BCUT2D eigenvalue weighted by Gasteiger charge is 2.05. The average molecular weight is 235 g/mol. The van der Waals surface area contributed by atoms with Crippen LogP contribution in [0.1, 0.15) is 19.8 Å². The molecule has 0 radical (unpaired) electrons. The molecule has 0 aromatic carbocycles. The third kappa shape index (κ3) is 2.74. The lowest BCUT2D eigenvalue weighted by molar-refractivity contribution is 0.129. The highest BCUT2D eigenvalue weighted by molar-refractivity contribution is 5.74. The Morgan fingerprint density at radius 3 is 3.18 bits per heavy atom. The van der Waals surface area contributed by atoms with Crippen molar-refractivity contribution in [1.82, 2.24) is 14.5 Å². The first kappa shape index (κ1) is 11.9. The summed E-state index contributed by atoms with van der Waals surface area (Å²) in [7, 11) is 0. The molecule has 2 heterocycles. The standard InChI is InChI=1S/C12H17N3O2/c1-2-7-17-8-3-5-15-6-4-10-11(15)12(16)14-9-13-10/h4,6,9H,2-3,5,7-8H2,1H3,(H,13,14,16). The number of nitrogens with one attached hydrogen (secondary N) is 1. The summed E-state index contributed by atoms with van der Waals surface area (Å²) in [6, 6.07) is 1.86. The second kappa shape index (κ2) is 5.63. The molecular weight excluding hydrogens is 218 g/mol. The van der Waals surface area contributed by atoms with Crippen LogP contribution < -0.4 is 5.56 Å². The minimum atomic E-state index is -0.0884. The Labute approximate surface area is 99.4 Å². The number of nitrogens with zero attached hydrogens (tertiary/aromatic N) is 2. The van der Waals surface area contributed by atoms with Crippen LogP contribution in [0.5, 0.6) is 0 Å². The minimum Gasteiger partial charge on any atom is -0.381 e. The van der Waals surface area contributed by atoms with Crippen molar-refractivity contribution >= 4 is 11.0 Å². The first-order valence-electron chi connectivity index (χ1n) is 5.93. The Kier molecular flexibility index (Phi) is 3.93. The maximum absolute atomic E-state index is 11.6. The number of hydrogen-bond donors (Lipinski definition) is 1. The molecule has 0 saturated carbocycles. The van der Waals surface area contributed by atoms with Gasteiger partial charge in [-0.05, 0) is 18.9 Å². The smallest absolute Gasteiger partial charge is 0.275 e. The van der Waals surface area contributed by atoms with Crippen LogP contribution in [-0.2, 0) is 11.3 Å². The van der Waals surface area contributed by atoms with Crippen molar-refractivity contribution in [2.45, 2.75) is 26.3 Å². The summed E-state index contributed by atoms with van der Waals surface area (Å²) < 4.78 is 7.34. The summed E-state index contributed by atoms with van der Waals surface area (Å²) in [5.41, 5.74) is 1.29. The van der Waals surface area contributed by atoms with Crippen molar-refractivity contribution in [2.75, 3.05) is 13.2 Å². The Morgan fingerprint density at radius 1 is 1.47 bits per heavy atom. The Hall–Kier alpha value is -1.62. The van der Waals surface area contributed by atoms with E-state index in [9.17, 15) is 4.79 Å². The molecule has 17 heavy (non-hydrogen) atoms. The van der Waals surface area contributed by atoms with E-state index in [4.69, 9.17) is 4.74 Å². The lowest BCUT2D eigenvalue weighted by atomic mass is 10.4. The minimum absolute atomic E-state index is 0.0884. The maximum atomic E-state index is 11.6. The van der Waals surface area contributed by atoms with Crippen LogP contribution in [0.25, 0.3) is 11.0 Å². The molecular formula is C12H17N3O2. The van der Waals surface area contributed by atoms with Crippen LogP contribution in [-0.4, -0.2) is 27.7 Å². The predicted molar refractivity (Wildman–Crippen MR) is 66.1 cm³/mol. The second-order valence-corrected chi connectivity index (χ2v) is 3.94. The topological polar surface area (TPSA) is 59.9 Å². The molecule has 0 unspecified atom stereocenters. The van der Waals surface area contributed by atoms with E-state index in [-0.39, 0.29) is 5.56 Å². The highest BCUT2D eigenvalue weighted by Crippen LogP contribution is 2.08. The Bertz CT molecular complexity index is 530. The monoisotopic (exact) mass is 235 g/mol. The van der Waals surface area contributed by atoms with Crippen LogP contribution in [0.3, 0.4) is 0 Å². The number of fused-ring (bicyclic) bond motifs is 1. The highest BCUT2D eigenvalue weighted by atomic mass is 16.5. The summed E-state index contributed by atoms with van der Waals surface area (Å²) in [5, 5.41) is 0. The molecule has 0 aliphatic rings. The first-order chi connectivity index (χ1) is 8.33. The van der Waals surface area contributed by atoms with Gasteiger partial charge in [-0.3, -0.25) is 4.79 Å². The van der Waals surface area contributed by atoms with Crippen LogP contribution in [0.15, 0.2) is 23.4 Å². The van der Waals surface area contributed by atoms with Crippen LogP contribution in [0.2, 0.25) is 0 Å². The molecule has 0 bridgehead atoms. The quantitative estimate of drug-likeness (QED) is 0.773. The number of hydrogen-bond acceptors (Lipinski definition) is 3. The molecule has 2 aromatic heterocycles. The molecule has 1 N–H and O–H groups in total. The first-order valence-corrected chi connectivity index (χ1v) is 5.93. The number of H-pyrrole nitrogens is 1. The molecule has 5 nitrogen and oxygen atoms in total. The molecule has 0 saturated heterocycles. The summed E-state index contributed by atoms with van der Waals surface area (Å²) in [5.74, 6) is 0. The van der Waals surface area contributed by atoms with E-state index in [1.54, 1.807) is 0 Å². The average Bonchev–Trinajstić information content (AvgIpc) is 2.74. The van der Waals surface area contributed by atoms with Crippen molar-refractivity contribution in [3.05, 3.63) is 28.9 Å². The molecule has 0 aliphatic carbocycles. The van der Waals surface area contributed by atoms with E-state index in [0.29, 0.717) is 5.52 Å². The fourth-order valence-corrected chi connectivity index (χ4v) is 1.81. The van der Waals surface area contributed by atoms with Crippen molar-refractivity contribution in [2.24, 2.45) is 0 Å². The molecule has 0 spiro atoms. The van der Waals surface area contributed by atoms with Crippen LogP contribution in [0.4, 0.5) is 0 Å². The normalized spacial score (nSPS) is 11.1. The van der Waals surface area contributed by atoms with Gasteiger partial charge < -0.3 is 14.3 Å². The molecule has 0 aliphatic heterocycles. The molecule has 0 fully saturated rings. The largest absolute Gasteiger partial charge is 0.381 e. The second-order valence-electron chi connectivity index (χ2n) is 3.94. The zero-order valence-electron chi connectivity index (χ0n) is 9.98. The molecule has 5 heteroatoms. The van der Waals surface area contributed by atoms with Crippen molar-refractivity contribution in [3.8, 4) is 0 Å². The zero-order chi connectivity index (χ0) is 12.1. The Morgan fingerprint density at radius 2 is 2.35 bits per heavy atom. The SMILES string of the molecule is CCCOCCCn1ccc2nc[nH]c(=O)c21. The van der Waals surface area contributed by atoms with Gasteiger partial charge in [0.2, 0.25) is 0 Å². The summed E-state index contributed by atoms with van der Waals surface area (Å²) in [6.07, 6.45) is 5.26. The zero-order valence-corrected chi connectivity index (χ0v) is 9.98. The van der Waals surface area contributed by atoms with E-state index < -0.39 is 0 Å². The van der Waals surface area contributed by atoms with Gasteiger partial charge in [-0.1, -0.05) is 6.92 Å². The Balaban J connectivity index is 2.02. The van der Waals surface area contributed by atoms with Crippen molar-refractivity contribution in [1.29, 1.82) is 0 Å².